The summed E-state index contributed by atoms with van der Waals surface area (Å²) >= 11 is 12.3. The van der Waals surface area contributed by atoms with Crippen LogP contribution in [0.5, 0.6) is 5.75 Å². The number of aromatic nitrogens is 2. The summed E-state index contributed by atoms with van der Waals surface area (Å²) < 4.78 is 65.5. The van der Waals surface area contributed by atoms with E-state index in [1.807, 2.05) is 0 Å². The van der Waals surface area contributed by atoms with Crippen molar-refractivity contribution in [2.45, 2.75) is 13.2 Å². The van der Waals surface area contributed by atoms with E-state index in [0.717, 1.165) is 0 Å². The molecule has 0 atom stereocenters. The number of carbonyl (C=O) groups is 1. The van der Waals surface area contributed by atoms with Crippen molar-refractivity contribution in [1.82, 2.24) is 9.78 Å². The predicted octanol–water partition coefficient (Wildman–Crippen LogP) is 6.22. The minimum Gasteiger partial charge on any atom is -0.479 e. The van der Waals surface area contributed by atoms with Crippen LogP contribution < -0.4 is 10.1 Å². The molecule has 0 saturated heterocycles. The summed E-state index contributed by atoms with van der Waals surface area (Å²) in [4.78, 5) is 12.4. The molecule has 0 aliphatic heterocycles. The van der Waals surface area contributed by atoms with Crippen LogP contribution in [0, 0.1) is 23.3 Å². The Labute approximate surface area is 199 Å². The molecule has 176 valence electrons. The number of rotatable bonds is 7. The van der Waals surface area contributed by atoms with Crippen LogP contribution in [0.1, 0.15) is 21.9 Å². The molecule has 0 fully saturated rings. The average Bonchev–Trinajstić information content (AvgIpc) is 3.45. The number of amides is 1. The van der Waals surface area contributed by atoms with E-state index in [-0.39, 0.29) is 24.1 Å². The van der Waals surface area contributed by atoms with E-state index in [2.05, 4.69) is 10.4 Å². The summed E-state index contributed by atoms with van der Waals surface area (Å²) in [6, 6.07) is 7.78. The van der Waals surface area contributed by atoms with Gasteiger partial charge in [0.25, 0.3) is 5.91 Å². The Morgan fingerprint density at radius 3 is 2.41 bits per heavy atom. The largest absolute Gasteiger partial charge is 0.479 e. The average molecular weight is 514 g/mol. The van der Waals surface area contributed by atoms with Gasteiger partial charge in [-0.2, -0.15) is 13.9 Å². The Hall–Kier alpha value is -3.50. The van der Waals surface area contributed by atoms with Crippen molar-refractivity contribution in [3.8, 4) is 5.75 Å². The fraction of sp³-hybridized carbons (Fsp3) is 0.0909. The molecule has 4 rings (SSSR count). The Bertz CT molecular complexity index is 1330. The third-order valence-corrected chi connectivity index (χ3v) is 5.30. The molecule has 0 aliphatic carbocycles. The second-order valence-electron chi connectivity index (χ2n) is 6.93. The lowest BCUT2D eigenvalue weighted by atomic mass is 10.2. The highest BCUT2D eigenvalue weighted by atomic mass is 35.5. The Morgan fingerprint density at radius 1 is 1.06 bits per heavy atom. The van der Waals surface area contributed by atoms with Crippen molar-refractivity contribution in [2.75, 3.05) is 5.32 Å². The lowest BCUT2D eigenvalue weighted by Crippen LogP contribution is -2.10. The van der Waals surface area contributed by atoms with Gasteiger partial charge in [-0.15, -0.1) is 0 Å². The second-order valence-corrected chi connectivity index (χ2v) is 7.75. The first-order valence-corrected chi connectivity index (χ1v) is 10.3. The van der Waals surface area contributed by atoms with Crippen LogP contribution in [0.15, 0.2) is 53.2 Å². The smallest absolute Gasteiger partial charge is 0.291 e. The molecule has 0 bridgehead atoms. The summed E-state index contributed by atoms with van der Waals surface area (Å²) in [7, 11) is 0. The predicted molar refractivity (Wildman–Crippen MR) is 115 cm³/mol. The fourth-order valence-corrected chi connectivity index (χ4v) is 3.47. The van der Waals surface area contributed by atoms with Gasteiger partial charge >= 0.3 is 0 Å². The van der Waals surface area contributed by atoms with Crippen LogP contribution in [-0.2, 0) is 13.2 Å². The van der Waals surface area contributed by atoms with E-state index in [0.29, 0.717) is 21.3 Å². The van der Waals surface area contributed by atoms with Gasteiger partial charge in [0.05, 0.1) is 18.4 Å². The number of nitrogens with zero attached hydrogens (tertiary/aromatic N) is 2. The Morgan fingerprint density at radius 2 is 1.74 bits per heavy atom. The normalized spacial score (nSPS) is 11.0. The number of ether oxygens (including phenoxy) is 1. The fourth-order valence-electron chi connectivity index (χ4n) is 2.95. The molecule has 34 heavy (non-hydrogen) atoms. The summed E-state index contributed by atoms with van der Waals surface area (Å²) in [5.41, 5.74) is 1.01. The van der Waals surface area contributed by atoms with Gasteiger partial charge in [-0.3, -0.25) is 9.48 Å². The summed E-state index contributed by atoms with van der Waals surface area (Å²) in [5, 5.41) is 7.66. The van der Waals surface area contributed by atoms with Crippen LogP contribution in [-0.4, -0.2) is 15.7 Å². The first-order chi connectivity index (χ1) is 16.2. The number of furan rings is 1. The zero-order valence-electron chi connectivity index (χ0n) is 16.9. The third kappa shape index (κ3) is 5.02. The topological polar surface area (TPSA) is 69.3 Å². The molecular formula is C22H13Cl2F4N3O3. The van der Waals surface area contributed by atoms with Gasteiger partial charge in [-0.25, -0.2) is 8.78 Å². The number of carbonyl (C=O) groups excluding carboxylic acids is 1. The monoisotopic (exact) mass is 513 g/mol. The molecule has 1 N–H and O–H groups in total. The molecule has 6 nitrogen and oxygen atoms in total. The molecule has 0 radical (unpaired) electrons. The van der Waals surface area contributed by atoms with Crippen LogP contribution >= 0.6 is 23.2 Å². The van der Waals surface area contributed by atoms with Crippen molar-refractivity contribution in [3.05, 3.63) is 99.2 Å². The van der Waals surface area contributed by atoms with Crippen LogP contribution in [0.2, 0.25) is 10.0 Å². The number of halogens is 6. The SMILES string of the molecule is O=C(Nc1cnn(Cc2c(Cl)cccc2Cl)c1)c1ccc(COc2c(F)c(F)cc(F)c2F)o1. The lowest BCUT2D eigenvalue weighted by Gasteiger charge is -2.08. The van der Waals surface area contributed by atoms with Crippen molar-refractivity contribution in [1.29, 1.82) is 0 Å². The third-order valence-electron chi connectivity index (χ3n) is 4.59. The molecule has 0 spiro atoms. The molecular weight excluding hydrogens is 501 g/mol. The molecule has 2 aromatic carbocycles. The van der Waals surface area contributed by atoms with Gasteiger partial charge < -0.3 is 14.5 Å². The van der Waals surface area contributed by atoms with Crippen molar-refractivity contribution in [3.63, 3.8) is 0 Å². The molecule has 2 heterocycles. The molecule has 1 amide bonds. The number of anilines is 1. The minimum atomic E-state index is -1.68. The Balaban J connectivity index is 1.39. The zero-order valence-corrected chi connectivity index (χ0v) is 18.4. The molecule has 0 unspecified atom stereocenters. The highest BCUT2D eigenvalue weighted by Crippen LogP contribution is 2.28. The van der Waals surface area contributed by atoms with Gasteiger partial charge in [0.15, 0.2) is 23.1 Å². The van der Waals surface area contributed by atoms with Gasteiger partial charge in [-0.05, 0) is 24.3 Å². The molecule has 0 saturated carbocycles. The van der Waals surface area contributed by atoms with E-state index in [1.165, 1.54) is 23.0 Å². The van der Waals surface area contributed by atoms with E-state index in [4.69, 9.17) is 32.4 Å². The summed E-state index contributed by atoms with van der Waals surface area (Å²) in [5.74, 6) is -8.61. The van der Waals surface area contributed by atoms with Crippen LogP contribution in [0.3, 0.4) is 0 Å². The van der Waals surface area contributed by atoms with Crippen LogP contribution in [0.4, 0.5) is 23.2 Å². The number of benzene rings is 2. The maximum atomic E-state index is 13.7. The molecule has 0 aliphatic rings. The van der Waals surface area contributed by atoms with Gasteiger partial charge in [-0.1, -0.05) is 29.3 Å². The quantitative estimate of drug-likeness (QED) is 0.235. The number of nitrogens with one attached hydrogen (secondary N) is 1. The highest BCUT2D eigenvalue weighted by Gasteiger charge is 2.21. The highest BCUT2D eigenvalue weighted by molar-refractivity contribution is 6.35. The Kier molecular flexibility index (Phi) is 6.80. The van der Waals surface area contributed by atoms with E-state index in [9.17, 15) is 22.4 Å². The lowest BCUT2D eigenvalue weighted by molar-refractivity contribution is 0.0992. The first kappa shape index (κ1) is 23.7. The van der Waals surface area contributed by atoms with E-state index in [1.54, 1.807) is 24.4 Å². The first-order valence-electron chi connectivity index (χ1n) is 9.54. The zero-order chi connectivity index (χ0) is 24.4. The summed E-state index contributed by atoms with van der Waals surface area (Å²) in [6.45, 7) is -0.315. The van der Waals surface area contributed by atoms with Crippen molar-refractivity contribution < 1.29 is 31.5 Å². The maximum Gasteiger partial charge on any atom is 0.291 e. The molecule has 4 aromatic rings. The minimum absolute atomic E-state index is 0.0160. The number of hydrogen-bond donors (Lipinski definition) is 1. The van der Waals surface area contributed by atoms with Crippen molar-refractivity contribution in [2.24, 2.45) is 0 Å². The van der Waals surface area contributed by atoms with Crippen LogP contribution in [0.25, 0.3) is 0 Å². The molecule has 2 aromatic heterocycles. The standard InChI is InChI=1S/C22H13Cl2F4N3O3/c23-14-2-1-3-15(24)13(14)9-31-8-11(7-29-31)30-22(32)18-5-4-12(34-18)10-33-21-19(27)16(25)6-17(26)20(21)28/h1-8H,9-10H2,(H,30,32). The summed E-state index contributed by atoms with van der Waals surface area (Å²) in [6.07, 6.45) is 2.95. The van der Waals surface area contributed by atoms with E-state index >= 15 is 0 Å². The maximum absolute atomic E-state index is 13.7. The molecule has 12 heteroatoms. The van der Waals surface area contributed by atoms with Gasteiger partial charge in [0, 0.05) is 27.9 Å². The van der Waals surface area contributed by atoms with Crippen molar-refractivity contribution >= 4 is 34.8 Å². The van der Waals surface area contributed by atoms with E-state index < -0.39 is 41.5 Å². The van der Waals surface area contributed by atoms with Gasteiger partial charge in [0.2, 0.25) is 11.6 Å². The number of hydrogen-bond acceptors (Lipinski definition) is 4. The van der Waals surface area contributed by atoms with Gasteiger partial charge in [0.1, 0.15) is 12.4 Å². The second kappa shape index (κ2) is 9.78.